The quantitative estimate of drug-likeness (QED) is 0.798. The number of benzene rings is 1. The predicted octanol–water partition coefficient (Wildman–Crippen LogP) is 2.78. The molecule has 0 aliphatic rings. The van der Waals surface area contributed by atoms with E-state index < -0.39 is 6.04 Å². The highest BCUT2D eigenvalue weighted by atomic mass is 35.5. The van der Waals surface area contributed by atoms with Crippen molar-refractivity contribution in [1.82, 2.24) is 10.2 Å². The Balaban J connectivity index is 2.71. The fourth-order valence-corrected chi connectivity index (χ4v) is 2.52. The number of nitrogens with one attached hydrogen (secondary N) is 2. The average Bonchev–Trinajstić information content (AvgIpc) is 2.43. The van der Waals surface area contributed by atoms with E-state index in [-0.39, 0.29) is 18.4 Å². The van der Waals surface area contributed by atoms with Gasteiger partial charge >= 0.3 is 0 Å². The molecule has 2 amide bonds. The fourth-order valence-electron chi connectivity index (χ4n) is 2.00. The summed E-state index contributed by atoms with van der Waals surface area (Å²) in [5.74, 6) is -0.320. The van der Waals surface area contributed by atoms with Crippen molar-refractivity contribution < 1.29 is 9.59 Å². The molecule has 0 bridgehead atoms. The molecule has 0 fully saturated rings. The molecular formula is C15H21Cl2N3O2. The molecule has 1 aromatic carbocycles. The highest BCUT2D eigenvalue weighted by molar-refractivity contribution is 6.35. The van der Waals surface area contributed by atoms with Crippen molar-refractivity contribution in [2.24, 2.45) is 0 Å². The molecule has 2 N–H and O–H groups in total. The summed E-state index contributed by atoms with van der Waals surface area (Å²) in [5.41, 5.74) is 0.531. The smallest absolute Gasteiger partial charge is 0.241 e. The Kier molecular flexibility index (Phi) is 7.65. The molecule has 0 unspecified atom stereocenters. The molecule has 0 heterocycles. The van der Waals surface area contributed by atoms with Crippen molar-refractivity contribution in [2.75, 3.05) is 25.0 Å². The van der Waals surface area contributed by atoms with Gasteiger partial charge in [0.15, 0.2) is 0 Å². The first-order valence-corrected chi connectivity index (χ1v) is 7.90. The van der Waals surface area contributed by atoms with E-state index in [1.807, 2.05) is 13.8 Å². The molecule has 0 spiro atoms. The molecule has 0 aromatic heterocycles. The second kappa shape index (κ2) is 8.98. The van der Waals surface area contributed by atoms with Gasteiger partial charge in [-0.3, -0.25) is 14.5 Å². The van der Waals surface area contributed by atoms with Crippen LogP contribution in [0.5, 0.6) is 0 Å². The highest BCUT2D eigenvalue weighted by Crippen LogP contribution is 2.22. The van der Waals surface area contributed by atoms with Crippen molar-refractivity contribution in [3.05, 3.63) is 28.2 Å². The second-order valence-electron chi connectivity index (χ2n) is 4.84. The van der Waals surface area contributed by atoms with E-state index >= 15 is 0 Å². The van der Waals surface area contributed by atoms with Gasteiger partial charge in [-0.15, -0.1) is 0 Å². The molecular weight excluding hydrogens is 325 g/mol. The maximum absolute atomic E-state index is 12.3. The molecule has 122 valence electrons. The minimum Gasteiger partial charge on any atom is -0.355 e. The summed E-state index contributed by atoms with van der Waals surface area (Å²) >= 11 is 11.8. The standard InChI is InChI=1S/C15H21Cl2N3O2/c1-4-18-14(21)9-20(5-2)10(3)15(22)19-13-7-11(16)6-12(17)8-13/h6-8,10H,4-5,9H2,1-3H3,(H,18,21)(H,19,22)/t10-/m1/s1. The third-order valence-corrected chi connectivity index (χ3v) is 3.62. The molecule has 22 heavy (non-hydrogen) atoms. The third kappa shape index (κ3) is 5.83. The average molecular weight is 346 g/mol. The maximum atomic E-state index is 12.3. The lowest BCUT2D eigenvalue weighted by atomic mass is 10.2. The van der Waals surface area contributed by atoms with Gasteiger partial charge in [0.1, 0.15) is 0 Å². The largest absolute Gasteiger partial charge is 0.355 e. The van der Waals surface area contributed by atoms with Crippen molar-refractivity contribution in [2.45, 2.75) is 26.8 Å². The van der Waals surface area contributed by atoms with Crippen LogP contribution in [-0.4, -0.2) is 42.4 Å². The molecule has 1 aromatic rings. The Morgan fingerprint density at radius 1 is 1.18 bits per heavy atom. The SMILES string of the molecule is CCNC(=O)CN(CC)[C@H](C)C(=O)Nc1cc(Cl)cc(Cl)c1. The molecule has 0 saturated carbocycles. The second-order valence-corrected chi connectivity index (χ2v) is 5.71. The zero-order chi connectivity index (χ0) is 16.7. The number of carbonyl (C=O) groups is 2. The van der Waals surface area contributed by atoms with Crippen LogP contribution in [0.25, 0.3) is 0 Å². The van der Waals surface area contributed by atoms with Crippen molar-refractivity contribution in [1.29, 1.82) is 0 Å². The molecule has 1 atom stereocenters. The van der Waals surface area contributed by atoms with Crippen LogP contribution in [0.2, 0.25) is 10.0 Å². The monoisotopic (exact) mass is 345 g/mol. The molecule has 0 saturated heterocycles. The summed E-state index contributed by atoms with van der Waals surface area (Å²) in [6.07, 6.45) is 0. The number of anilines is 1. The van der Waals surface area contributed by atoms with E-state index in [4.69, 9.17) is 23.2 Å². The number of nitrogens with zero attached hydrogens (tertiary/aromatic N) is 1. The van der Waals surface area contributed by atoms with Crippen molar-refractivity contribution in [3.8, 4) is 0 Å². The summed E-state index contributed by atoms with van der Waals surface area (Å²) in [7, 11) is 0. The van der Waals surface area contributed by atoms with E-state index in [9.17, 15) is 9.59 Å². The molecule has 0 radical (unpaired) electrons. The van der Waals surface area contributed by atoms with Crippen molar-refractivity contribution in [3.63, 3.8) is 0 Å². The molecule has 5 nitrogen and oxygen atoms in total. The lowest BCUT2D eigenvalue weighted by molar-refractivity contribution is -0.125. The Bertz CT molecular complexity index is 517. The number of carbonyl (C=O) groups excluding carboxylic acids is 2. The summed E-state index contributed by atoms with van der Waals surface area (Å²) in [4.78, 5) is 25.8. The van der Waals surface area contributed by atoms with E-state index in [2.05, 4.69) is 10.6 Å². The van der Waals surface area contributed by atoms with E-state index in [1.165, 1.54) is 0 Å². The van der Waals surface area contributed by atoms with Crippen LogP contribution in [0.15, 0.2) is 18.2 Å². The predicted molar refractivity (Wildman–Crippen MR) is 90.5 cm³/mol. The van der Waals surface area contributed by atoms with Crippen LogP contribution in [0, 0.1) is 0 Å². The lowest BCUT2D eigenvalue weighted by Crippen LogP contribution is -2.46. The van der Waals surface area contributed by atoms with Gasteiger partial charge in [0, 0.05) is 22.3 Å². The van der Waals surface area contributed by atoms with Gasteiger partial charge in [-0.1, -0.05) is 30.1 Å². The van der Waals surface area contributed by atoms with Crippen LogP contribution < -0.4 is 10.6 Å². The Labute approximate surface area is 141 Å². The van der Waals surface area contributed by atoms with Crippen molar-refractivity contribution >= 4 is 40.7 Å². The van der Waals surface area contributed by atoms with Gasteiger partial charge in [-0.2, -0.15) is 0 Å². The van der Waals surface area contributed by atoms with Gasteiger partial charge in [0.2, 0.25) is 11.8 Å². The Morgan fingerprint density at radius 3 is 2.27 bits per heavy atom. The van der Waals surface area contributed by atoms with Gasteiger partial charge < -0.3 is 10.6 Å². The maximum Gasteiger partial charge on any atom is 0.241 e. The zero-order valence-corrected chi connectivity index (χ0v) is 14.5. The zero-order valence-electron chi connectivity index (χ0n) is 13.0. The van der Waals surface area contributed by atoms with Crippen LogP contribution in [0.4, 0.5) is 5.69 Å². The Morgan fingerprint density at radius 2 is 1.77 bits per heavy atom. The van der Waals surface area contributed by atoms with Gasteiger partial charge in [-0.25, -0.2) is 0 Å². The number of hydrogen-bond acceptors (Lipinski definition) is 3. The first-order chi connectivity index (χ1) is 10.4. The van der Waals surface area contributed by atoms with Crippen LogP contribution in [0.1, 0.15) is 20.8 Å². The minimum absolute atomic E-state index is 0.102. The summed E-state index contributed by atoms with van der Waals surface area (Å²) in [6.45, 7) is 6.84. The fraction of sp³-hybridized carbons (Fsp3) is 0.467. The van der Waals surface area contributed by atoms with Gasteiger partial charge in [0.05, 0.1) is 12.6 Å². The molecule has 1 rings (SSSR count). The van der Waals surface area contributed by atoms with Crippen LogP contribution >= 0.6 is 23.2 Å². The normalized spacial score (nSPS) is 12.1. The topological polar surface area (TPSA) is 61.4 Å². The van der Waals surface area contributed by atoms with Crippen LogP contribution in [0.3, 0.4) is 0 Å². The van der Waals surface area contributed by atoms with E-state index in [1.54, 1.807) is 30.0 Å². The summed E-state index contributed by atoms with van der Waals surface area (Å²) < 4.78 is 0. The number of likely N-dealkylation sites (N-methyl/N-ethyl adjacent to an activating group) is 2. The number of amides is 2. The molecule has 0 aliphatic carbocycles. The summed E-state index contributed by atoms with van der Waals surface area (Å²) in [6, 6.07) is 4.39. The minimum atomic E-state index is -0.453. The number of rotatable bonds is 7. The van der Waals surface area contributed by atoms with Crippen LogP contribution in [-0.2, 0) is 9.59 Å². The number of halogens is 2. The Hall–Kier alpha value is -1.30. The molecule has 7 heteroatoms. The molecule has 0 aliphatic heterocycles. The highest BCUT2D eigenvalue weighted by Gasteiger charge is 2.22. The van der Waals surface area contributed by atoms with Gasteiger partial charge in [-0.05, 0) is 38.6 Å². The number of hydrogen-bond donors (Lipinski definition) is 2. The first kappa shape index (κ1) is 18.7. The van der Waals surface area contributed by atoms with E-state index in [0.29, 0.717) is 28.8 Å². The van der Waals surface area contributed by atoms with Gasteiger partial charge in [0.25, 0.3) is 0 Å². The third-order valence-electron chi connectivity index (χ3n) is 3.18. The van der Waals surface area contributed by atoms with E-state index in [0.717, 1.165) is 0 Å². The lowest BCUT2D eigenvalue weighted by Gasteiger charge is -2.26. The first-order valence-electron chi connectivity index (χ1n) is 7.15. The summed E-state index contributed by atoms with van der Waals surface area (Å²) in [5, 5.41) is 6.38.